The van der Waals surface area contributed by atoms with E-state index in [-0.39, 0.29) is 33.7 Å². The smallest absolute Gasteiger partial charge is 0.300 e. The van der Waals surface area contributed by atoms with Gasteiger partial charge in [0.2, 0.25) is 5.91 Å². The van der Waals surface area contributed by atoms with Crippen LogP contribution in [0.4, 0.5) is 5.69 Å². The lowest BCUT2D eigenvalue weighted by molar-refractivity contribution is -0.122. The molecule has 1 N–H and O–H groups in total. The highest BCUT2D eigenvalue weighted by atomic mass is 35.5. The highest BCUT2D eigenvalue weighted by Gasteiger charge is 2.40. The van der Waals surface area contributed by atoms with Gasteiger partial charge in [-0.2, -0.15) is 0 Å². The number of halogens is 2. The van der Waals surface area contributed by atoms with Crippen molar-refractivity contribution in [2.24, 2.45) is 0 Å². The largest absolute Gasteiger partial charge is 0.355 e. The Kier molecular flexibility index (Phi) is 3.78. The molecule has 1 aliphatic heterocycles. The van der Waals surface area contributed by atoms with Gasteiger partial charge in [0.05, 0.1) is 21.3 Å². The number of anilines is 1. The van der Waals surface area contributed by atoms with Crippen molar-refractivity contribution < 1.29 is 14.4 Å². The van der Waals surface area contributed by atoms with E-state index in [2.05, 4.69) is 5.32 Å². The lowest BCUT2D eigenvalue weighted by Gasteiger charge is -2.17. The molecule has 0 saturated carbocycles. The summed E-state index contributed by atoms with van der Waals surface area (Å²) in [5, 5.41) is 2.91. The summed E-state index contributed by atoms with van der Waals surface area (Å²) < 4.78 is 0. The van der Waals surface area contributed by atoms with E-state index in [1.165, 1.54) is 12.1 Å². The molecule has 1 heterocycles. The maximum absolute atomic E-state index is 11.9. The summed E-state index contributed by atoms with van der Waals surface area (Å²) >= 11 is 11.9. The summed E-state index contributed by atoms with van der Waals surface area (Å²) in [6.45, 7) is 1.93. The second-order valence-electron chi connectivity index (χ2n) is 3.93. The van der Waals surface area contributed by atoms with Crippen molar-refractivity contribution in [3.05, 3.63) is 27.7 Å². The van der Waals surface area contributed by atoms with Gasteiger partial charge in [-0.3, -0.25) is 19.3 Å². The van der Waals surface area contributed by atoms with Crippen molar-refractivity contribution in [3.63, 3.8) is 0 Å². The van der Waals surface area contributed by atoms with Gasteiger partial charge in [0, 0.05) is 6.54 Å². The lowest BCUT2D eigenvalue weighted by atomic mass is 10.1. The summed E-state index contributed by atoms with van der Waals surface area (Å²) in [4.78, 5) is 36.4. The second-order valence-corrected chi connectivity index (χ2v) is 4.74. The number of likely N-dealkylation sites (N-methyl/N-ethyl adjacent to an activating group) is 1. The van der Waals surface area contributed by atoms with Gasteiger partial charge in [-0.1, -0.05) is 23.2 Å². The van der Waals surface area contributed by atoms with Crippen LogP contribution in [0.15, 0.2) is 12.1 Å². The quantitative estimate of drug-likeness (QED) is 0.863. The molecular formula is C12H10Cl2N2O3. The molecule has 0 atom stereocenters. The van der Waals surface area contributed by atoms with Crippen molar-refractivity contribution >= 4 is 46.5 Å². The third kappa shape index (κ3) is 2.31. The molecule has 0 aromatic heterocycles. The highest BCUT2D eigenvalue weighted by molar-refractivity contribution is 6.57. The van der Waals surface area contributed by atoms with E-state index in [1.54, 1.807) is 6.92 Å². The third-order valence-corrected chi connectivity index (χ3v) is 3.31. The van der Waals surface area contributed by atoms with Crippen LogP contribution in [0.5, 0.6) is 0 Å². The fourth-order valence-corrected chi connectivity index (χ4v) is 2.40. The Hall–Kier alpha value is -1.59. The van der Waals surface area contributed by atoms with Gasteiger partial charge in [-0.05, 0) is 19.1 Å². The normalized spacial score (nSPS) is 13.7. The summed E-state index contributed by atoms with van der Waals surface area (Å²) in [5.41, 5.74) is 0.263. The van der Waals surface area contributed by atoms with Crippen LogP contribution in [0.3, 0.4) is 0 Å². The standard InChI is InChI=1S/C12H10Cl2N2O3/c1-2-15-8(17)5-16-10-7(14)4-3-6(13)9(10)11(18)12(16)19/h3-4H,2,5H2,1H3,(H,15,17). The zero-order chi connectivity index (χ0) is 14.2. The molecule has 1 aromatic rings. The number of hydrogen-bond donors (Lipinski definition) is 1. The van der Waals surface area contributed by atoms with Crippen molar-refractivity contribution in [1.82, 2.24) is 5.32 Å². The molecule has 19 heavy (non-hydrogen) atoms. The Morgan fingerprint density at radius 1 is 1.26 bits per heavy atom. The number of carbonyl (C=O) groups excluding carboxylic acids is 3. The number of nitrogens with zero attached hydrogens (tertiary/aromatic N) is 1. The minimum absolute atomic E-state index is 0.0588. The molecule has 2 amide bonds. The maximum Gasteiger partial charge on any atom is 0.300 e. The molecule has 7 heteroatoms. The summed E-state index contributed by atoms with van der Waals surface area (Å²) in [6.07, 6.45) is 0. The van der Waals surface area contributed by atoms with E-state index in [1.807, 2.05) is 0 Å². The molecule has 1 aliphatic rings. The number of nitrogens with one attached hydrogen (secondary N) is 1. The van der Waals surface area contributed by atoms with Crippen molar-refractivity contribution in [1.29, 1.82) is 0 Å². The molecule has 0 bridgehead atoms. The van der Waals surface area contributed by atoms with E-state index >= 15 is 0 Å². The molecule has 0 unspecified atom stereocenters. The van der Waals surface area contributed by atoms with Crippen LogP contribution < -0.4 is 10.2 Å². The van der Waals surface area contributed by atoms with E-state index in [0.717, 1.165) is 4.90 Å². The van der Waals surface area contributed by atoms with Crippen molar-refractivity contribution in [2.75, 3.05) is 18.0 Å². The number of benzene rings is 1. The number of hydrogen-bond acceptors (Lipinski definition) is 3. The average molecular weight is 301 g/mol. The first-order valence-corrected chi connectivity index (χ1v) is 6.33. The molecule has 0 spiro atoms. The lowest BCUT2D eigenvalue weighted by Crippen LogP contribution is -2.40. The first-order chi connectivity index (χ1) is 8.97. The SMILES string of the molecule is CCNC(=O)CN1C(=O)C(=O)c2c(Cl)ccc(Cl)c21. The predicted molar refractivity (Wildman–Crippen MR) is 71.8 cm³/mol. The van der Waals surface area contributed by atoms with E-state index in [0.29, 0.717) is 6.54 Å². The number of Topliss-reactive ketones (excluding diaryl/α,β-unsaturated/α-hetero) is 1. The Morgan fingerprint density at radius 2 is 1.89 bits per heavy atom. The van der Waals surface area contributed by atoms with Crippen LogP contribution >= 0.6 is 23.2 Å². The van der Waals surface area contributed by atoms with Gasteiger partial charge in [0.1, 0.15) is 6.54 Å². The van der Waals surface area contributed by atoms with Gasteiger partial charge < -0.3 is 5.32 Å². The van der Waals surface area contributed by atoms with Gasteiger partial charge in [0.15, 0.2) is 0 Å². The van der Waals surface area contributed by atoms with Gasteiger partial charge in [-0.15, -0.1) is 0 Å². The molecular weight excluding hydrogens is 291 g/mol. The second kappa shape index (κ2) is 5.19. The average Bonchev–Trinajstić information content (AvgIpc) is 2.60. The molecule has 0 radical (unpaired) electrons. The molecule has 0 fully saturated rings. The molecule has 2 rings (SSSR count). The maximum atomic E-state index is 11.9. The van der Waals surface area contributed by atoms with Crippen LogP contribution in [0.1, 0.15) is 17.3 Å². The minimum Gasteiger partial charge on any atom is -0.355 e. The molecule has 5 nitrogen and oxygen atoms in total. The van der Waals surface area contributed by atoms with Crippen LogP contribution in [0.25, 0.3) is 0 Å². The van der Waals surface area contributed by atoms with E-state index in [9.17, 15) is 14.4 Å². The van der Waals surface area contributed by atoms with Crippen LogP contribution in [-0.2, 0) is 9.59 Å². The van der Waals surface area contributed by atoms with Crippen LogP contribution in [0, 0.1) is 0 Å². The van der Waals surface area contributed by atoms with Crippen LogP contribution in [0.2, 0.25) is 10.0 Å². The number of carbonyl (C=O) groups is 3. The van der Waals surface area contributed by atoms with Gasteiger partial charge in [-0.25, -0.2) is 0 Å². The zero-order valence-electron chi connectivity index (χ0n) is 10.00. The summed E-state index contributed by atoms with van der Waals surface area (Å²) in [7, 11) is 0. The molecule has 1 aromatic carbocycles. The van der Waals surface area contributed by atoms with E-state index < -0.39 is 11.7 Å². The summed E-state index contributed by atoms with van der Waals surface area (Å²) in [6, 6.07) is 2.93. The first-order valence-electron chi connectivity index (χ1n) is 5.58. The summed E-state index contributed by atoms with van der Waals surface area (Å²) in [5.74, 6) is -1.91. The molecule has 100 valence electrons. The van der Waals surface area contributed by atoms with Crippen LogP contribution in [-0.4, -0.2) is 30.7 Å². The Morgan fingerprint density at radius 3 is 2.53 bits per heavy atom. The van der Waals surface area contributed by atoms with Gasteiger partial charge >= 0.3 is 0 Å². The van der Waals surface area contributed by atoms with E-state index in [4.69, 9.17) is 23.2 Å². The van der Waals surface area contributed by atoms with Crippen molar-refractivity contribution in [2.45, 2.75) is 6.92 Å². The molecule has 0 saturated heterocycles. The number of fused-ring (bicyclic) bond motifs is 1. The number of rotatable bonds is 3. The predicted octanol–water partition coefficient (Wildman–Crippen LogP) is 1.66. The first kappa shape index (κ1) is 13.8. The zero-order valence-corrected chi connectivity index (χ0v) is 11.5. The topological polar surface area (TPSA) is 66.5 Å². The Labute approximate surface area is 119 Å². The number of amides is 2. The Bertz CT molecular complexity index is 587. The highest BCUT2D eigenvalue weighted by Crippen LogP contribution is 2.39. The number of ketones is 1. The molecule has 0 aliphatic carbocycles. The minimum atomic E-state index is -0.795. The Balaban J connectivity index is 2.44. The fraction of sp³-hybridized carbons (Fsp3) is 0.250. The van der Waals surface area contributed by atoms with Gasteiger partial charge in [0.25, 0.3) is 11.7 Å². The monoisotopic (exact) mass is 300 g/mol. The fourth-order valence-electron chi connectivity index (χ4n) is 1.90. The van der Waals surface area contributed by atoms with Crippen molar-refractivity contribution in [3.8, 4) is 0 Å². The third-order valence-electron chi connectivity index (χ3n) is 2.69.